The summed E-state index contributed by atoms with van der Waals surface area (Å²) in [6, 6.07) is 8.57. The fourth-order valence-electron chi connectivity index (χ4n) is 1.63. The first-order valence-corrected chi connectivity index (χ1v) is 7.81. The third kappa shape index (κ3) is 3.17. The van der Waals surface area contributed by atoms with E-state index >= 15 is 0 Å². The van der Waals surface area contributed by atoms with Gasteiger partial charge >= 0.3 is 0 Å². The van der Waals surface area contributed by atoms with Crippen molar-refractivity contribution in [3.63, 3.8) is 0 Å². The van der Waals surface area contributed by atoms with E-state index in [-0.39, 0.29) is 16.3 Å². The van der Waals surface area contributed by atoms with E-state index in [1.807, 2.05) is 0 Å². The van der Waals surface area contributed by atoms with Crippen LogP contribution < -0.4 is 4.72 Å². The smallest absolute Gasteiger partial charge is 0.262 e. The first-order chi connectivity index (χ1) is 9.29. The molecule has 0 spiro atoms. The molecule has 20 heavy (non-hydrogen) atoms. The second kappa shape index (κ2) is 5.52. The van der Waals surface area contributed by atoms with Gasteiger partial charge in [-0.3, -0.25) is 4.72 Å². The van der Waals surface area contributed by atoms with Gasteiger partial charge in [-0.1, -0.05) is 23.2 Å². The molecule has 2 aromatic rings. The number of anilines is 1. The van der Waals surface area contributed by atoms with Crippen molar-refractivity contribution in [1.82, 2.24) is 0 Å². The number of hydrogen-bond acceptors (Lipinski definition) is 3. The molecule has 0 heterocycles. The van der Waals surface area contributed by atoms with Crippen LogP contribution in [0.15, 0.2) is 41.3 Å². The third-order valence-electron chi connectivity index (χ3n) is 2.63. The minimum Gasteiger partial charge on any atom is -0.505 e. The van der Waals surface area contributed by atoms with E-state index in [2.05, 4.69) is 4.72 Å². The first kappa shape index (κ1) is 15.0. The Bertz CT molecular complexity index is 743. The number of hydrogen-bond donors (Lipinski definition) is 2. The highest BCUT2D eigenvalue weighted by molar-refractivity contribution is 7.92. The molecule has 2 rings (SSSR count). The molecule has 0 radical (unpaired) electrons. The normalized spacial score (nSPS) is 11.3. The van der Waals surface area contributed by atoms with Crippen molar-refractivity contribution < 1.29 is 13.5 Å². The van der Waals surface area contributed by atoms with E-state index < -0.39 is 10.0 Å². The molecule has 0 fully saturated rings. The number of halogens is 2. The van der Waals surface area contributed by atoms with Gasteiger partial charge in [-0.2, -0.15) is 0 Å². The average Bonchev–Trinajstić information content (AvgIpc) is 2.35. The van der Waals surface area contributed by atoms with Crippen LogP contribution in [0.25, 0.3) is 0 Å². The van der Waals surface area contributed by atoms with E-state index in [1.54, 1.807) is 6.92 Å². The molecule has 0 saturated heterocycles. The number of sulfonamides is 1. The molecule has 0 saturated carbocycles. The Morgan fingerprint density at radius 3 is 2.25 bits per heavy atom. The van der Waals surface area contributed by atoms with Gasteiger partial charge in [0.15, 0.2) is 0 Å². The first-order valence-electron chi connectivity index (χ1n) is 5.57. The van der Waals surface area contributed by atoms with Crippen molar-refractivity contribution in [1.29, 1.82) is 0 Å². The number of rotatable bonds is 3. The quantitative estimate of drug-likeness (QED) is 0.840. The van der Waals surface area contributed by atoms with Gasteiger partial charge in [-0.15, -0.1) is 0 Å². The van der Waals surface area contributed by atoms with Crippen LogP contribution in [0.3, 0.4) is 0 Å². The second-order valence-corrected chi connectivity index (χ2v) is 6.73. The molecule has 0 aliphatic carbocycles. The highest BCUT2D eigenvalue weighted by atomic mass is 35.5. The van der Waals surface area contributed by atoms with Gasteiger partial charge in [0.05, 0.1) is 10.6 Å². The molecule has 0 aromatic heterocycles. The maximum atomic E-state index is 12.2. The maximum absolute atomic E-state index is 12.2. The van der Waals surface area contributed by atoms with Crippen molar-refractivity contribution in [2.75, 3.05) is 4.72 Å². The molecule has 2 N–H and O–H groups in total. The van der Waals surface area contributed by atoms with Crippen LogP contribution in [-0.2, 0) is 10.0 Å². The Morgan fingerprint density at radius 1 is 1.05 bits per heavy atom. The van der Waals surface area contributed by atoms with Crippen molar-refractivity contribution in [3.8, 4) is 5.75 Å². The van der Waals surface area contributed by atoms with Crippen LogP contribution in [0.4, 0.5) is 5.69 Å². The van der Waals surface area contributed by atoms with Crippen molar-refractivity contribution >= 4 is 38.9 Å². The van der Waals surface area contributed by atoms with E-state index in [0.717, 1.165) is 0 Å². The van der Waals surface area contributed by atoms with Gasteiger partial charge < -0.3 is 5.11 Å². The summed E-state index contributed by atoms with van der Waals surface area (Å²) in [6.45, 7) is 1.63. The molecule has 0 aliphatic heterocycles. The molecule has 0 unspecified atom stereocenters. The predicted octanol–water partition coefficient (Wildman–Crippen LogP) is 3.81. The van der Waals surface area contributed by atoms with Crippen molar-refractivity contribution in [2.45, 2.75) is 11.8 Å². The Balaban J connectivity index is 2.41. The van der Waals surface area contributed by atoms with Crippen LogP contribution in [0, 0.1) is 6.92 Å². The Labute approximate surface area is 127 Å². The van der Waals surface area contributed by atoms with Gasteiger partial charge in [0.25, 0.3) is 10.0 Å². The Kier molecular flexibility index (Phi) is 4.13. The minimum atomic E-state index is -3.81. The average molecular weight is 332 g/mol. The lowest BCUT2D eigenvalue weighted by atomic mass is 10.2. The van der Waals surface area contributed by atoms with Crippen LogP contribution in [0.2, 0.25) is 10.0 Å². The zero-order valence-electron chi connectivity index (χ0n) is 10.4. The molecular formula is C13H11Cl2NO3S. The van der Waals surface area contributed by atoms with E-state index in [0.29, 0.717) is 15.6 Å². The van der Waals surface area contributed by atoms with Gasteiger partial charge in [-0.25, -0.2) is 8.42 Å². The van der Waals surface area contributed by atoms with Crippen LogP contribution >= 0.6 is 23.2 Å². The largest absolute Gasteiger partial charge is 0.505 e. The van der Waals surface area contributed by atoms with Gasteiger partial charge in [0.2, 0.25) is 0 Å². The summed E-state index contributed by atoms with van der Waals surface area (Å²) >= 11 is 11.6. The van der Waals surface area contributed by atoms with Crippen LogP contribution in [0.5, 0.6) is 5.75 Å². The SMILES string of the molecule is Cc1cc(Cl)cc(NS(=O)(=O)c2ccc(Cl)cc2)c1O. The molecule has 0 amide bonds. The number of benzene rings is 2. The number of aryl methyl sites for hydroxylation is 1. The molecular weight excluding hydrogens is 321 g/mol. The zero-order chi connectivity index (χ0) is 14.9. The lowest BCUT2D eigenvalue weighted by Crippen LogP contribution is -2.13. The third-order valence-corrected chi connectivity index (χ3v) is 4.49. The topological polar surface area (TPSA) is 66.4 Å². The van der Waals surface area contributed by atoms with Gasteiger partial charge in [-0.05, 0) is 48.9 Å². The zero-order valence-corrected chi connectivity index (χ0v) is 12.7. The summed E-state index contributed by atoms with van der Waals surface area (Å²) in [4.78, 5) is 0.0407. The fraction of sp³-hybridized carbons (Fsp3) is 0.0769. The summed E-state index contributed by atoms with van der Waals surface area (Å²) < 4.78 is 26.7. The highest BCUT2D eigenvalue weighted by Crippen LogP contribution is 2.32. The summed E-state index contributed by atoms with van der Waals surface area (Å²) in [7, 11) is -3.81. The summed E-state index contributed by atoms with van der Waals surface area (Å²) in [5.74, 6) is -0.160. The molecule has 0 bridgehead atoms. The standard InChI is InChI=1S/C13H11Cl2NO3S/c1-8-6-10(15)7-12(13(8)17)16-20(18,19)11-4-2-9(14)3-5-11/h2-7,16-17H,1H3. The summed E-state index contributed by atoms with van der Waals surface area (Å²) in [5.41, 5.74) is 0.510. The number of aromatic hydroxyl groups is 1. The monoisotopic (exact) mass is 331 g/mol. The summed E-state index contributed by atoms with van der Waals surface area (Å²) in [5, 5.41) is 10.6. The van der Waals surface area contributed by atoms with Crippen LogP contribution in [-0.4, -0.2) is 13.5 Å². The van der Waals surface area contributed by atoms with Gasteiger partial charge in [0.1, 0.15) is 5.75 Å². The highest BCUT2D eigenvalue weighted by Gasteiger charge is 2.17. The molecule has 0 atom stereocenters. The number of phenols is 1. The number of phenolic OH excluding ortho intramolecular Hbond substituents is 1. The maximum Gasteiger partial charge on any atom is 0.262 e. The Morgan fingerprint density at radius 2 is 1.65 bits per heavy atom. The lowest BCUT2D eigenvalue weighted by molar-refractivity contribution is 0.473. The van der Waals surface area contributed by atoms with Crippen LogP contribution in [0.1, 0.15) is 5.56 Å². The number of nitrogens with one attached hydrogen (secondary N) is 1. The molecule has 2 aromatic carbocycles. The van der Waals surface area contributed by atoms with Crippen molar-refractivity contribution in [2.24, 2.45) is 0 Å². The molecule has 4 nitrogen and oxygen atoms in total. The second-order valence-electron chi connectivity index (χ2n) is 4.18. The fourth-order valence-corrected chi connectivity index (χ4v) is 3.09. The molecule has 7 heteroatoms. The van der Waals surface area contributed by atoms with Crippen molar-refractivity contribution in [3.05, 3.63) is 52.0 Å². The van der Waals surface area contributed by atoms with E-state index in [1.165, 1.54) is 36.4 Å². The lowest BCUT2D eigenvalue weighted by Gasteiger charge is -2.11. The predicted molar refractivity (Wildman–Crippen MR) is 80.1 cm³/mol. The molecule has 106 valence electrons. The minimum absolute atomic E-state index is 0.0324. The Hall–Kier alpha value is -1.43. The van der Waals surface area contributed by atoms with Gasteiger partial charge in [0, 0.05) is 10.0 Å². The molecule has 0 aliphatic rings. The summed E-state index contributed by atoms with van der Waals surface area (Å²) in [6.07, 6.45) is 0. The van der Waals surface area contributed by atoms with E-state index in [4.69, 9.17) is 23.2 Å². The van der Waals surface area contributed by atoms with E-state index in [9.17, 15) is 13.5 Å².